The summed E-state index contributed by atoms with van der Waals surface area (Å²) in [6.07, 6.45) is 3.36. The van der Waals surface area contributed by atoms with E-state index in [9.17, 15) is 0 Å². The van der Waals surface area contributed by atoms with Crippen molar-refractivity contribution in [3.8, 4) is 0 Å². The second-order valence-electron chi connectivity index (χ2n) is 4.63. The molecule has 14 heavy (non-hydrogen) atoms. The van der Waals surface area contributed by atoms with Crippen LogP contribution in [0.25, 0.3) is 6.08 Å². The monoisotopic (exact) mass is 187 g/mol. The van der Waals surface area contributed by atoms with Crippen molar-refractivity contribution in [2.75, 3.05) is 6.54 Å². The molecule has 74 valence electrons. The third-order valence-corrected chi connectivity index (χ3v) is 3.15. The zero-order valence-corrected chi connectivity index (χ0v) is 8.88. The van der Waals surface area contributed by atoms with E-state index in [0.29, 0.717) is 6.54 Å². The third kappa shape index (κ3) is 1.48. The maximum absolute atomic E-state index is 5.78. The molecule has 1 heteroatoms. The lowest BCUT2D eigenvalue weighted by atomic mass is 9.83. The van der Waals surface area contributed by atoms with Gasteiger partial charge in [-0.25, -0.2) is 0 Å². The summed E-state index contributed by atoms with van der Waals surface area (Å²) in [5, 5.41) is 0. The quantitative estimate of drug-likeness (QED) is 0.756. The van der Waals surface area contributed by atoms with Crippen LogP contribution < -0.4 is 5.73 Å². The van der Waals surface area contributed by atoms with E-state index in [1.54, 1.807) is 0 Å². The molecule has 1 aromatic carbocycles. The lowest BCUT2D eigenvalue weighted by Gasteiger charge is -2.24. The van der Waals surface area contributed by atoms with E-state index in [2.05, 4.69) is 44.2 Å². The van der Waals surface area contributed by atoms with Gasteiger partial charge in [-0.2, -0.15) is 0 Å². The molecule has 0 atom stereocenters. The highest BCUT2D eigenvalue weighted by Crippen LogP contribution is 2.35. The van der Waals surface area contributed by atoms with Crippen molar-refractivity contribution < 1.29 is 0 Å². The summed E-state index contributed by atoms with van der Waals surface area (Å²) in [7, 11) is 0. The summed E-state index contributed by atoms with van der Waals surface area (Å²) in [5.74, 6) is 0. The Kier molecular flexibility index (Phi) is 2.20. The molecule has 0 aliphatic heterocycles. The minimum Gasteiger partial charge on any atom is -0.330 e. The normalized spacial score (nSPS) is 15.2. The van der Waals surface area contributed by atoms with Gasteiger partial charge in [-0.15, -0.1) is 0 Å². The van der Waals surface area contributed by atoms with Crippen LogP contribution in [0.2, 0.25) is 0 Å². The van der Waals surface area contributed by atoms with Crippen molar-refractivity contribution in [2.45, 2.75) is 20.3 Å². The van der Waals surface area contributed by atoms with Crippen LogP contribution in [0.1, 0.15) is 25.0 Å². The molecule has 0 bridgehead atoms. The molecular weight excluding hydrogens is 170 g/mol. The Morgan fingerprint density at radius 1 is 1.29 bits per heavy atom. The summed E-state index contributed by atoms with van der Waals surface area (Å²) in [5.41, 5.74) is 10.2. The fraction of sp³-hybridized carbons (Fsp3) is 0.385. The van der Waals surface area contributed by atoms with Gasteiger partial charge >= 0.3 is 0 Å². The Labute approximate surface area is 85.6 Å². The molecule has 2 N–H and O–H groups in total. The van der Waals surface area contributed by atoms with Crippen LogP contribution in [0.5, 0.6) is 0 Å². The van der Waals surface area contributed by atoms with Gasteiger partial charge in [0.15, 0.2) is 0 Å². The minimum atomic E-state index is 0.138. The van der Waals surface area contributed by atoms with Crippen molar-refractivity contribution in [3.63, 3.8) is 0 Å². The fourth-order valence-corrected chi connectivity index (χ4v) is 1.85. The summed E-state index contributed by atoms with van der Waals surface area (Å²) in [6, 6.07) is 8.57. The maximum Gasteiger partial charge on any atom is 0.00118 e. The first-order valence-electron chi connectivity index (χ1n) is 5.12. The van der Waals surface area contributed by atoms with Crippen molar-refractivity contribution >= 4 is 6.08 Å². The number of nitrogens with two attached hydrogens (primary N) is 1. The van der Waals surface area contributed by atoms with Crippen molar-refractivity contribution in [1.29, 1.82) is 0 Å². The SMILES string of the molecule is CC(C)(CN)C1=Cc2ccccc2C1. The van der Waals surface area contributed by atoms with E-state index >= 15 is 0 Å². The van der Waals surface area contributed by atoms with E-state index in [-0.39, 0.29) is 5.41 Å². The standard InChI is InChI=1S/C13H17N/c1-13(2,9-14)12-7-10-5-3-4-6-11(10)8-12/h3-7H,8-9,14H2,1-2H3. The van der Waals surface area contributed by atoms with E-state index in [4.69, 9.17) is 5.73 Å². The Hall–Kier alpha value is -1.08. The molecule has 0 unspecified atom stereocenters. The molecule has 1 nitrogen and oxygen atoms in total. The van der Waals surface area contributed by atoms with Gasteiger partial charge in [0.2, 0.25) is 0 Å². The Balaban J connectivity index is 2.32. The largest absolute Gasteiger partial charge is 0.330 e. The first-order chi connectivity index (χ1) is 6.63. The number of hydrogen-bond donors (Lipinski definition) is 1. The minimum absolute atomic E-state index is 0.138. The molecule has 2 rings (SSSR count). The predicted molar refractivity (Wildman–Crippen MR) is 61.0 cm³/mol. The third-order valence-electron chi connectivity index (χ3n) is 3.15. The van der Waals surface area contributed by atoms with Crippen molar-refractivity contribution in [2.24, 2.45) is 11.1 Å². The van der Waals surface area contributed by atoms with Gasteiger partial charge in [-0.3, -0.25) is 0 Å². The van der Waals surface area contributed by atoms with Gasteiger partial charge in [-0.1, -0.05) is 49.8 Å². The fourth-order valence-electron chi connectivity index (χ4n) is 1.85. The summed E-state index contributed by atoms with van der Waals surface area (Å²) in [6.45, 7) is 5.14. The molecule has 1 aliphatic rings. The highest BCUT2D eigenvalue weighted by atomic mass is 14.6. The highest BCUT2D eigenvalue weighted by molar-refractivity contribution is 5.64. The Morgan fingerprint density at radius 3 is 2.64 bits per heavy atom. The van der Waals surface area contributed by atoms with Gasteiger partial charge in [0, 0.05) is 6.54 Å². The summed E-state index contributed by atoms with van der Waals surface area (Å²) in [4.78, 5) is 0. The van der Waals surface area contributed by atoms with Gasteiger partial charge < -0.3 is 5.73 Å². The Morgan fingerprint density at radius 2 is 2.00 bits per heavy atom. The predicted octanol–water partition coefficient (Wildman–Crippen LogP) is 2.61. The molecule has 0 fully saturated rings. The zero-order valence-electron chi connectivity index (χ0n) is 8.88. The molecule has 0 saturated carbocycles. The van der Waals surface area contributed by atoms with E-state index in [0.717, 1.165) is 6.42 Å². The molecule has 1 aromatic rings. The molecule has 0 spiro atoms. The van der Waals surface area contributed by atoms with Gasteiger partial charge in [0.05, 0.1) is 0 Å². The van der Waals surface area contributed by atoms with Crippen molar-refractivity contribution in [1.82, 2.24) is 0 Å². The van der Waals surface area contributed by atoms with Crippen molar-refractivity contribution in [3.05, 3.63) is 41.0 Å². The molecule has 0 aromatic heterocycles. The van der Waals surface area contributed by atoms with Crippen LogP contribution in [0.3, 0.4) is 0 Å². The molecule has 0 heterocycles. The van der Waals surface area contributed by atoms with Gasteiger partial charge in [-0.05, 0) is 23.0 Å². The molecular formula is C13H17N. The highest BCUT2D eigenvalue weighted by Gasteiger charge is 2.25. The van der Waals surface area contributed by atoms with Crippen LogP contribution in [0.4, 0.5) is 0 Å². The van der Waals surface area contributed by atoms with Crippen LogP contribution in [-0.2, 0) is 6.42 Å². The number of benzene rings is 1. The topological polar surface area (TPSA) is 26.0 Å². The zero-order chi connectivity index (χ0) is 10.2. The molecule has 0 amide bonds. The molecule has 0 saturated heterocycles. The molecule has 0 radical (unpaired) electrons. The van der Waals surface area contributed by atoms with Crippen LogP contribution in [0.15, 0.2) is 29.8 Å². The van der Waals surface area contributed by atoms with Crippen LogP contribution >= 0.6 is 0 Å². The lowest BCUT2D eigenvalue weighted by molar-refractivity contribution is 0.456. The van der Waals surface area contributed by atoms with Crippen LogP contribution in [0, 0.1) is 5.41 Å². The first kappa shape index (κ1) is 9.47. The van der Waals surface area contributed by atoms with E-state index in [1.165, 1.54) is 16.7 Å². The number of rotatable bonds is 2. The number of hydrogen-bond acceptors (Lipinski definition) is 1. The second-order valence-corrected chi connectivity index (χ2v) is 4.63. The van der Waals surface area contributed by atoms with Gasteiger partial charge in [0.25, 0.3) is 0 Å². The van der Waals surface area contributed by atoms with Gasteiger partial charge in [0.1, 0.15) is 0 Å². The summed E-state index contributed by atoms with van der Waals surface area (Å²) < 4.78 is 0. The average Bonchev–Trinajstić information content (AvgIpc) is 2.61. The number of fused-ring (bicyclic) bond motifs is 1. The maximum atomic E-state index is 5.78. The lowest BCUT2D eigenvalue weighted by Crippen LogP contribution is -2.25. The summed E-state index contributed by atoms with van der Waals surface area (Å²) >= 11 is 0. The Bertz CT molecular complexity index is 375. The smallest absolute Gasteiger partial charge is 0.00118 e. The second kappa shape index (κ2) is 3.25. The average molecular weight is 187 g/mol. The van der Waals surface area contributed by atoms with E-state index < -0.39 is 0 Å². The van der Waals surface area contributed by atoms with E-state index in [1.807, 2.05) is 0 Å². The van der Waals surface area contributed by atoms with Crippen LogP contribution in [-0.4, -0.2) is 6.54 Å². The first-order valence-corrected chi connectivity index (χ1v) is 5.12. The molecule has 1 aliphatic carbocycles.